The van der Waals surface area contributed by atoms with Crippen LogP contribution in [0.1, 0.15) is 31.4 Å². The highest BCUT2D eigenvalue weighted by molar-refractivity contribution is 7.99. The third-order valence-electron chi connectivity index (χ3n) is 6.31. The molecule has 0 spiro atoms. The van der Waals surface area contributed by atoms with Gasteiger partial charge in [-0.2, -0.15) is 0 Å². The summed E-state index contributed by atoms with van der Waals surface area (Å²) in [5.74, 6) is 0.0503. The summed E-state index contributed by atoms with van der Waals surface area (Å²) in [5, 5.41) is 5.64. The van der Waals surface area contributed by atoms with Crippen LogP contribution in [0.4, 0.5) is 10.5 Å². The van der Waals surface area contributed by atoms with E-state index >= 15 is 0 Å². The van der Waals surface area contributed by atoms with Crippen molar-refractivity contribution in [2.24, 2.45) is 5.73 Å². The molecule has 0 unspecified atom stereocenters. The molecule has 3 aromatic rings. The van der Waals surface area contributed by atoms with E-state index in [1.807, 2.05) is 72.8 Å². The third-order valence-corrected chi connectivity index (χ3v) is 7.46. The van der Waals surface area contributed by atoms with Gasteiger partial charge in [-0.15, -0.1) is 11.8 Å². The zero-order valence-electron chi connectivity index (χ0n) is 22.4. The number of carbonyl (C=O) groups is 3. The van der Waals surface area contributed by atoms with Crippen LogP contribution in [-0.2, 0) is 27.4 Å². The number of anilines is 1. The van der Waals surface area contributed by atoms with Gasteiger partial charge in [0.2, 0.25) is 5.91 Å². The first-order valence-electron chi connectivity index (χ1n) is 12.7. The van der Waals surface area contributed by atoms with Crippen molar-refractivity contribution in [3.8, 4) is 11.1 Å². The fraction of sp³-hybridized carbons (Fsp3) is 0.300. The lowest BCUT2D eigenvalue weighted by atomic mass is 9.98. The molecule has 0 aromatic heterocycles. The number of para-hydroxylation sites is 1. The van der Waals surface area contributed by atoms with E-state index < -0.39 is 17.7 Å². The van der Waals surface area contributed by atoms with Crippen molar-refractivity contribution in [1.82, 2.24) is 10.6 Å². The van der Waals surface area contributed by atoms with Gasteiger partial charge in [-0.05, 0) is 48.2 Å². The van der Waals surface area contributed by atoms with Gasteiger partial charge in [-0.3, -0.25) is 9.59 Å². The fourth-order valence-electron chi connectivity index (χ4n) is 4.45. The smallest absolute Gasteiger partial charge is 0.407 e. The van der Waals surface area contributed by atoms with Crippen LogP contribution in [0, 0.1) is 0 Å². The van der Waals surface area contributed by atoms with Crippen LogP contribution in [0.2, 0.25) is 0 Å². The molecule has 204 valence electrons. The number of ether oxygens (including phenoxy) is 1. The number of amides is 3. The summed E-state index contributed by atoms with van der Waals surface area (Å²) in [5.41, 5.74) is 10.1. The molecule has 3 amide bonds. The summed E-state index contributed by atoms with van der Waals surface area (Å²) in [4.78, 5) is 40.6. The number of nitrogens with one attached hydrogen (secondary N) is 2. The number of nitrogens with zero attached hydrogens (tertiary/aromatic N) is 1. The van der Waals surface area contributed by atoms with E-state index in [1.54, 1.807) is 30.5 Å². The van der Waals surface area contributed by atoms with Crippen molar-refractivity contribution >= 4 is 35.4 Å². The van der Waals surface area contributed by atoms with E-state index in [9.17, 15) is 14.4 Å². The maximum absolute atomic E-state index is 13.7. The van der Waals surface area contributed by atoms with Crippen molar-refractivity contribution in [2.45, 2.75) is 49.8 Å². The number of carbonyl (C=O) groups excluding carboxylic acids is 3. The minimum Gasteiger partial charge on any atom is -0.453 e. The van der Waals surface area contributed by atoms with Crippen LogP contribution in [0.5, 0.6) is 0 Å². The van der Waals surface area contributed by atoms with Crippen molar-refractivity contribution in [3.05, 3.63) is 83.9 Å². The molecule has 1 aliphatic heterocycles. The summed E-state index contributed by atoms with van der Waals surface area (Å²) in [7, 11) is 1.34. The zero-order valence-corrected chi connectivity index (χ0v) is 23.2. The molecule has 0 aliphatic carbocycles. The zero-order chi connectivity index (χ0) is 28.0. The highest BCUT2D eigenvalue weighted by Gasteiger charge is 2.32. The molecule has 0 saturated heterocycles. The molecule has 1 aliphatic rings. The van der Waals surface area contributed by atoms with Crippen LogP contribution in [0.3, 0.4) is 0 Å². The number of nitrogens with two attached hydrogens (primary N) is 1. The highest BCUT2D eigenvalue weighted by Crippen LogP contribution is 2.35. The first-order valence-corrected chi connectivity index (χ1v) is 13.7. The predicted octanol–water partition coefficient (Wildman–Crippen LogP) is 4.46. The van der Waals surface area contributed by atoms with Crippen LogP contribution >= 0.6 is 11.8 Å². The molecule has 8 nitrogen and oxygen atoms in total. The molecule has 1 heterocycles. The van der Waals surface area contributed by atoms with Gasteiger partial charge < -0.3 is 26.0 Å². The lowest BCUT2D eigenvalue weighted by molar-refractivity contribution is -0.127. The molecular formula is C30H34N4O4S. The van der Waals surface area contributed by atoms with Gasteiger partial charge >= 0.3 is 6.09 Å². The topological polar surface area (TPSA) is 114 Å². The molecule has 0 saturated carbocycles. The quantitative estimate of drug-likeness (QED) is 0.384. The van der Waals surface area contributed by atoms with Gasteiger partial charge in [-0.25, -0.2) is 4.79 Å². The van der Waals surface area contributed by atoms with Gasteiger partial charge in [-0.1, -0.05) is 60.7 Å². The molecule has 0 radical (unpaired) electrons. The van der Waals surface area contributed by atoms with Gasteiger partial charge in [0.25, 0.3) is 5.91 Å². The first-order chi connectivity index (χ1) is 18.6. The summed E-state index contributed by atoms with van der Waals surface area (Å²) in [6.07, 6.45) is -0.353. The minimum atomic E-state index is -0.663. The van der Waals surface area contributed by atoms with Gasteiger partial charge in [0, 0.05) is 29.2 Å². The van der Waals surface area contributed by atoms with E-state index in [2.05, 4.69) is 15.4 Å². The van der Waals surface area contributed by atoms with Crippen molar-refractivity contribution in [3.63, 3.8) is 0 Å². The number of rotatable bonds is 8. The molecule has 0 fully saturated rings. The monoisotopic (exact) mass is 546 g/mol. The third kappa shape index (κ3) is 7.40. The molecule has 39 heavy (non-hydrogen) atoms. The second-order valence-electron chi connectivity index (χ2n) is 10.2. The minimum absolute atomic E-state index is 0.131. The normalized spacial score (nSPS) is 15.2. The highest BCUT2D eigenvalue weighted by atomic mass is 32.2. The largest absolute Gasteiger partial charge is 0.453 e. The average molecular weight is 547 g/mol. The number of alkyl carbamates (subject to hydrolysis) is 1. The number of benzene rings is 3. The predicted molar refractivity (Wildman–Crippen MR) is 154 cm³/mol. The summed E-state index contributed by atoms with van der Waals surface area (Å²) in [6.45, 7) is 4.28. The number of hydrogen-bond acceptors (Lipinski definition) is 6. The molecule has 4 N–H and O–H groups in total. The fourth-order valence-corrected chi connectivity index (χ4v) is 5.52. The summed E-state index contributed by atoms with van der Waals surface area (Å²) < 4.78 is 4.69. The molecular weight excluding hydrogens is 512 g/mol. The molecule has 9 heteroatoms. The van der Waals surface area contributed by atoms with Gasteiger partial charge in [0.05, 0.1) is 19.3 Å². The molecule has 4 rings (SSSR count). The Labute approximate surface area is 233 Å². The van der Waals surface area contributed by atoms with E-state index in [0.717, 1.165) is 32.8 Å². The van der Waals surface area contributed by atoms with Crippen molar-refractivity contribution in [1.29, 1.82) is 0 Å². The van der Waals surface area contributed by atoms with Crippen LogP contribution in [-0.4, -0.2) is 42.4 Å². The van der Waals surface area contributed by atoms with E-state index in [1.165, 1.54) is 7.11 Å². The lowest BCUT2D eigenvalue weighted by Crippen LogP contribution is -2.51. The van der Waals surface area contributed by atoms with Crippen molar-refractivity contribution in [2.75, 3.05) is 17.8 Å². The molecule has 1 atom stereocenters. The van der Waals surface area contributed by atoms with Crippen LogP contribution in [0.15, 0.2) is 77.7 Å². The summed E-state index contributed by atoms with van der Waals surface area (Å²) >= 11 is 1.56. The Hall–Kier alpha value is -3.82. The summed E-state index contributed by atoms with van der Waals surface area (Å²) in [6, 6.07) is 23.0. The molecule has 0 bridgehead atoms. The Morgan fingerprint density at radius 1 is 1.05 bits per heavy atom. The molecule has 3 aromatic carbocycles. The number of fused-ring (bicyclic) bond motifs is 1. The standard InChI is InChI=1S/C30H34N4O4S/c1-30(2,31)16-27(35)33-24-19-39-26-11-7-6-10-25(26)34(28(24)36)18-20-12-14-21(15-13-20)23-9-5-4-8-22(23)17-32-29(37)38-3/h4-15,24H,16-19,31H2,1-3H3,(H,32,37)(H,33,35)/t24-/m1/s1. The number of methoxy groups -OCH3 is 1. The Morgan fingerprint density at radius 3 is 2.46 bits per heavy atom. The number of thioether (sulfide) groups is 1. The van der Waals surface area contributed by atoms with E-state index in [-0.39, 0.29) is 18.2 Å². The van der Waals surface area contributed by atoms with Crippen LogP contribution in [0.25, 0.3) is 11.1 Å². The van der Waals surface area contributed by atoms with Crippen molar-refractivity contribution < 1.29 is 19.1 Å². The Morgan fingerprint density at radius 2 is 1.74 bits per heavy atom. The number of hydrogen-bond donors (Lipinski definition) is 3. The van der Waals surface area contributed by atoms with Crippen LogP contribution < -0.4 is 21.3 Å². The Kier molecular flexibility index (Phi) is 8.93. The SMILES string of the molecule is COC(=O)NCc1ccccc1-c1ccc(CN2C(=O)[C@H](NC(=O)CC(C)(C)N)CSc3ccccc32)cc1. The second-order valence-corrected chi connectivity index (χ2v) is 11.2. The Balaban J connectivity index is 1.55. The van der Waals surface area contributed by atoms with E-state index in [4.69, 9.17) is 5.73 Å². The Bertz CT molecular complexity index is 1340. The maximum Gasteiger partial charge on any atom is 0.407 e. The first kappa shape index (κ1) is 28.2. The van der Waals surface area contributed by atoms with Gasteiger partial charge in [0.15, 0.2) is 0 Å². The average Bonchev–Trinajstić information content (AvgIpc) is 3.03. The second kappa shape index (κ2) is 12.4. The lowest BCUT2D eigenvalue weighted by Gasteiger charge is -2.27. The van der Waals surface area contributed by atoms with E-state index in [0.29, 0.717) is 18.8 Å². The maximum atomic E-state index is 13.7. The van der Waals surface area contributed by atoms with Gasteiger partial charge in [0.1, 0.15) is 6.04 Å².